The molecule has 1 amide bonds. The number of non-ortho nitro benzene ring substituents is 1. The first-order chi connectivity index (χ1) is 12.6. The number of carbonyl (C=O) groups excluding carboxylic acids is 1. The summed E-state index contributed by atoms with van der Waals surface area (Å²) < 4.78 is 25.3. The Labute approximate surface area is 158 Å². The first-order valence-electron chi connectivity index (χ1n) is 8.16. The highest BCUT2D eigenvalue weighted by atomic mass is 32.2. The van der Waals surface area contributed by atoms with E-state index in [1.54, 1.807) is 13.8 Å². The molecule has 1 N–H and O–H groups in total. The summed E-state index contributed by atoms with van der Waals surface area (Å²) in [4.78, 5) is 22.8. The lowest BCUT2D eigenvalue weighted by Gasteiger charge is -2.24. The number of nitrogens with one attached hydrogen (secondary N) is 1. The minimum Gasteiger partial charge on any atom is -0.348 e. The smallest absolute Gasteiger partial charge is 0.271 e. The van der Waals surface area contributed by atoms with Gasteiger partial charge in [0.2, 0.25) is 15.9 Å². The summed E-state index contributed by atoms with van der Waals surface area (Å²) in [6, 6.07) is 12.8. The van der Waals surface area contributed by atoms with E-state index in [-0.39, 0.29) is 17.4 Å². The molecular weight excluding hydrogens is 370 g/mol. The van der Waals surface area contributed by atoms with Crippen LogP contribution in [0.25, 0.3) is 0 Å². The Hall–Kier alpha value is -2.94. The van der Waals surface area contributed by atoms with Gasteiger partial charge in [-0.05, 0) is 25.0 Å². The molecule has 1 atom stereocenters. The number of hydrogen-bond acceptors (Lipinski definition) is 5. The van der Waals surface area contributed by atoms with Gasteiger partial charge in [-0.1, -0.05) is 36.4 Å². The molecule has 0 bridgehead atoms. The molecule has 8 nitrogen and oxygen atoms in total. The van der Waals surface area contributed by atoms with E-state index >= 15 is 0 Å². The van der Waals surface area contributed by atoms with E-state index in [1.807, 2.05) is 30.3 Å². The number of anilines is 1. The predicted molar refractivity (Wildman–Crippen MR) is 103 cm³/mol. The van der Waals surface area contributed by atoms with Gasteiger partial charge in [0.1, 0.15) is 6.54 Å². The first kappa shape index (κ1) is 20.4. The average Bonchev–Trinajstić information content (AvgIpc) is 2.60. The zero-order valence-electron chi connectivity index (χ0n) is 15.2. The number of benzene rings is 2. The van der Waals surface area contributed by atoms with Crippen LogP contribution in [0.2, 0.25) is 0 Å². The second kappa shape index (κ2) is 8.17. The van der Waals surface area contributed by atoms with Crippen LogP contribution in [-0.4, -0.2) is 32.0 Å². The molecule has 0 saturated heterocycles. The number of amides is 1. The Kier molecular flexibility index (Phi) is 6.17. The molecular formula is C18H21N3O5S. The normalized spacial score (nSPS) is 12.3. The van der Waals surface area contributed by atoms with Gasteiger partial charge in [-0.3, -0.25) is 19.2 Å². The van der Waals surface area contributed by atoms with Gasteiger partial charge in [0.25, 0.3) is 5.69 Å². The quantitative estimate of drug-likeness (QED) is 0.576. The maximum Gasteiger partial charge on any atom is 0.271 e. The lowest BCUT2D eigenvalue weighted by molar-refractivity contribution is -0.384. The fraction of sp³-hybridized carbons (Fsp3) is 0.278. The number of nitro benzene ring substituents is 1. The number of sulfonamides is 1. The molecule has 27 heavy (non-hydrogen) atoms. The van der Waals surface area contributed by atoms with Gasteiger partial charge >= 0.3 is 0 Å². The molecule has 0 heterocycles. The Morgan fingerprint density at radius 1 is 1.22 bits per heavy atom. The highest BCUT2D eigenvalue weighted by Gasteiger charge is 2.25. The number of hydrogen-bond donors (Lipinski definition) is 1. The largest absolute Gasteiger partial charge is 0.348 e. The molecule has 9 heteroatoms. The van der Waals surface area contributed by atoms with E-state index < -0.39 is 27.4 Å². The van der Waals surface area contributed by atoms with Crippen molar-refractivity contribution in [3.8, 4) is 0 Å². The fourth-order valence-electron chi connectivity index (χ4n) is 2.60. The van der Waals surface area contributed by atoms with Crippen LogP contribution in [0.5, 0.6) is 0 Å². The molecule has 2 aromatic rings. The van der Waals surface area contributed by atoms with Gasteiger partial charge in [-0.15, -0.1) is 0 Å². The third kappa shape index (κ3) is 5.27. The van der Waals surface area contributed by atoms with Gasteiger partial charge < -0.3 is 5.32 Å². The molecule has 0 fully saturated rings. The van der Waals surface area contributed by atoms with Crippen LogP contribution in [0, 0.1) is 17.0 Å². The van der Waals surface area contributed by atoms with Gasteiger partial charge in [0, 0.05) is 12.1 Å². The summed E-state index contributed by atoms with van der Waals surface area (Å²) in [6.45, 7) is 2.94. The van der Waals surface area contributed by atoms with E-state index in [0.717, 1.165) is 22.2 Å². The van der Waals surface area contributed by atoms with Gasteiger partial charge in [0.15, 0.2) is 0 Å². The summed E-state index contributed by atoms with van der Waals surface area (Å²) in [5.41, 5.74) is 1.25. The maximum absolute atomic E-state index is 12.4. The maximum atomic E-state index is 12.4. The Morgan fingerprint density at radius 2 is 1.85 bits per heavy atom. The van der Waals surface area contributed by atoms with Gasteiger partial charge in [-0.25, -0.2) is 8.42 Å². The molecule has 0 unspecified atom stereocenters. The van der Waals surface area contributed by atoms with Crippen LogP contribution in [0.15, 0.2) is 48.5 Å². The predicted octanol–water partition coefficient (Wildman–Crippen LogP) is 2.55. The molecule has 0 aliphatic rings. The van der Waals surface area contributed by atoms with Crippen molar-refractivity contribution in [2.75, 3.05) is 17.1 Å². The highest BCUT2D eigenvalue weighted by Crippen LogP contribution is 2.27. The van der Waals surface area contributed by atoms with Crippen LogP contribution in [0.4, 0.5) is 11.4 Å². The lowest BCUT2D eigenvalue weighted by Crippen LogP contribution is -2.41. The molecule has 0 radical (unpaired) electrons. The van der Waals surface area contributed by atoms with Crippen molar-refractivity contribution in [2.24, 2.45) is 0 Å². The van der Waals surface area contributed by atoms with Crippen molar-refractivity contribution in [3.63, 3.8) is 0 Å². The van der Waals surface area contributed by atoms with Crippen LogP contribution in [0.1, 0.15) is 24.1 Å². The van der Waals surface area contributed by atoms with E-state index in [0.29, 0.717) is 5.56 Å². The van der Waals surface area contributed by atoms with Crippen LogP contribution < -0.4 is 9.62 Å². The molecule has 0 aliphatic carbocycles. The summed E-state index contributed by atoms with van der Waals surface area (Å²) >= 11 is 0. The SMILES string of the molecule is Cc1ccc([N+](=O)[O-])cc1N(CC(=O)N[C@@H](C)c1ccccc1)S(C)(=O)=O. The number of nitrogens with zero attached hydrogens (tertiary/aromatic N) is 2. The van der Waals surface area contributed by atoms with Crippen LogP contribution in [0.3, 0.4) is 0 Å². The van der Waals surface area contributed by atoms with Crippen molar-refractivity contribution in [2.45, 2.75) is 19.9 Å². The topological polar surface area (TPSA) is 110 Å². The lowest BCUT2D eigenvalue weighted by atomic mass is 10.1. The van der Waals surface area contributed by atoms with Crippen molar-refractivity contribution in [1.29, 1.82) is 0 Å². The van der Waals surface area contributed by atoms with E-state index in [1.165, 1.54) is 12.1 Å². The van der Waals surface area contributed by atoms with E-state index in [2.05, 4.69) is 5.32 Å². The zero-order chi connectivity index (χ0) is 20.2. The minimum atomic E-state index is -3.83. The molecule has 2 rings (SSSR count). The summed E-state index contributed by atoms with van der Waals surface area (Å²) in [5, 5.41) is 13.8. The summed E-state index contributed by atoms with van der Waals surface area (Å²) in [5.74, 6) is -0.511. The first-order valence-corrected chi connectivity index (χ1v) is 10.0. The van der Waals surface area contributed by atoms with Crippen molar-refractivity contribution < 1.29 is 18.1 Å². The molecule has 144 valence electrons. The molecule has 0 aromatic heterocycles. The Balaban J connectivity index is 2.27. The van der Waals surface area contributed by atoms with Crippen molar-refractivity contribution in [3.05, 3.63) is 69.8 Å². The van der Waals surface area contributed by atoms with E-state index in [4.69, 9.17) is 0 Å². The average molecular weight is 391 g/mol. The summed E-state index contributed by atoms with van der Waals surface area (Å²) in [6.07, 6.45) is 0.958. The van der Waals surface area contributed by atoms with Gasteiger partial charge in [0.05, 0.1) is 22.9 Å². The van der Waals surface area contributed by atoms with Crippen LogP contribution >= 0.6 is 0 Å². The molecule has 0 saturated carbocycles. The fourth-order valence-corrected chi connectivity index (χ4v) is 3.51. The second-order valence-electron chi connectivity index (χ2n) is 6.20. The molecule has 0 aliphatic heterocycles. The highest BCUT2D eigenvalue weighted by molar-refractivity contribution is 7.92. The molecule has 2 aromatic carbocycles. The Bertz CT molecular complexity index is 945. The third-order valence-electron chi connectivity index (χ3n) is 4.04. The standard InChI is InChI=1S/C18H21N3O5S/c1-13-9-10-16(21(23)24)11-17(13)20(27(3,25)26)12-18(22)19-14(2)15-7-5-4-6-8-15/h4-11,14H,12H2,1-3H3,(H,19,22)/t14-/m0/s1. The van der Waals surface area contributed by atoms with Crippen molar-refractivity contribution >= 4 is 27.3 Å². The second-order valence-corrected chi connectivity index (χ2v) is 8.10. The number of aryl methyl sites for hydroxylation is 1. The monoisotopic (exact) mass is 391 g/mol. The van der Waals surface area contributed by atoms with E-state index in [9.17, 15) is 23.3 Å². The molecule has 0 spiro atoms. The van der Waals surface area contributed by atoms with Gasteiger partial charge in [-0.2, -0.15) is 0 Å². The zero-order valence-corrected chi connectivity index (χ0v) is 16.1. The number of carbonyl (C=O) groups is 1. The summed E-state index contributed by atoms with van der Waals surface area (Å²) in [7, 11) is -3.83. The van der Waals surface area contributed by atoms with Crippen LogP contribution in [-0.2, 0) is 14.8 Å². The number of nitro groups is 1. The Morgan fingerprint density at radius 3 is 2.41 bits per heavy atom. The number of rotatable bonds is 7. The van der Waals surface area contributed by atoms with Crippen molar-refractivity contribution in [1.82, 2.24) is 5.32 Å². The minimum absolute atomic E-state index is 0.106. The third-order valence-corrected chi connectivity index (χ3v) is 5.16.